The predicted octanol–water partition coefficient (Wildman–Crippen LogP) is 8.07. The van der Waals surface area contributed by atoms with Gasteiger partial charge in [0.1, 0.15) is 0 Å². The van der Waals surface area contributed by atoms with Crippen molar-refractivity contribution in [2.24, 2.45) is 5.41 Å². The Morgan fingerprint density at radius 3 is 1.85 bits per heavy atom. The van der Waals surface area contributed by atoms with Crippen LogP contribution in [-0.4, -0.2) is 84.4 Å². The van der Waals surface area contributed by atoms with Crippen LogP contribution in [0.2, 0.25) is 10.0 Å². The monoisotopic (exact) mass is 744 g/mol. The average molecular weight is 746 g/mol. The van der Waals surface area contributed by atoms with Crippen LogP contribution in [0.1, 0.15) is 103 Å². The molecule has 0 spiro atoms. The molecule has 0 bridgehead atoms. The molecule has 3 aliphatic rings. The van der Waals surface area contributed by atoms with Gasteiger partial charge in [0.05, 0.1) is 21.1 Å². The van der Waals surface area contributed by atoms with Crippen LogP contribution >= 0.6 is 23.2 Å². The van der Waals surface area contributed by atoms with Gasteiger partial charge in [-0.15, -0.1) is 0 Å². The van der Waals surface area contributed by atoms with Crippen molar-refractivity contribution in [3.05, 3.63) is 80.1 Å². The fourth-order valence-corrected chi connectivity index (χ4v) is 8.93. The van der Waals surface area contributed by atoms with E-state index < -0.39 is 0 Å². The summed E-state index contributed by atoms with van der Waals surface area (Å²) < 4.78 is 0. The molecule has 2 N–H and O–H groups in total. The molecule has 0 radical (unpaired) electrons. The fraction of sp³-hybridized carbons (Fsp3) is 0.524. The third-order valence-corrected chi connectivity index (χ3v) is 11.6. The first-order chi connectivity index (χ1) is 24.9. The summed E-state index contributed by atoms with van der Waals surface area (Å²) in [5.41, 5.74) is 7.55. The SMILES string of the molecule is CCN1CCCC1CNC(=O)c1ccc2c(Cl)c3c(nc2c1)CCCC3.CN(C)CC(C)(C)CNC(=O)c1ccc2c(Cl)c3c(nc2c1)CCCC3. The number of benzene rings is 2. The Labute approximate surface area is 319 Å². The minimum absolute atomic E-state index is 0.0106. The van der Waals surface area contributed by atoms with Crippen LogP contribution in [0, 0.1) is 5.41 Å². The molecule has 4 aromatic rings. The largest absolute Gasteiger partial charge is 0.351 e. The average Bonchev–Trinajstić information content (AvgIpc) is 3.60. The number of pyridine rings is 2. The van der Waals surface area contributed by atoms with Gasteiger partial charge < -0.3 is 15.5 Å². The van der Waals surface area contributed by atoms with Crippen LogP contribution in [0.3, 0.4) is 0 Å². The van der Waals surface area contributed by atoms with Gasteiger partial charge in [0, 0.05) is 59.0 Å². The summed E-state index contributed by atoms with van der Waals surface area (Å²) in [4.78, 5) is 39.4. The summed E-state index contributed by atoms with van der Waals surface area (Å²) in [7, 11) is 4.09. The zero-order valence-corrected chi connectivity index (χ0v) is 33.0. The van der Waals surface area contributed by atoms with Crippen LogP contribution in [0.25, 0.3) is 21.8 Å². The molecule has 278 valence electrons. The molecule has 8 nitrogen and oxygen atoms in total. The standard InChI is InChI=1S/C21H26ClN3O.C21H28ClN3O/c1-2-25-11-5-6-15(25)13-23-21(26)14-9-10-17-19(12-14)24-18-8-4-3-7-16(18)20(17)22;1-21(2,13-25(3)4)12-23-20(26)14-9-10-16-18(11-14)24-17-8-6-5-7-15(17)19(16)22/h9-10,12,15H,2-8,11,13H2,1H3,(H,23,26);9-11H,5-8,12-13H2,1-4H3,(H,23,26). The smallest absolute Gasteiger partial charge is 0.251 e. The Morgan fingerprint density at radius 1 is 0.808 bits per heavy atom. The third kappa shape index (κ3) is 8.90. The summed E-state index contributed by atoms with van der Waals surface area (Å²) in [6.45, 7) is 10.9. The van der Waals surface area contributed by atoms with Gasteiger partial charge in [-0.05, 0) is 132 Å². The lowest BCUT2D eigenvalue weighted by atomic mass is 9.92. The molecule has 1 atom stereocenters. The van der Waals surface area contributed by atoms with Crippen molar-refractivity contribution in [3.63, 3.8) is 0 Å². The molecule has 3 heterocycles. The van der Waals surface area contributed by atoms with Gasteiger partial charge in [-0.1, -0.05) is 56.1 Å². The van der Waals surface area contributed by atoms with E-state index in [0.717, 1.165) is 108 Å². The zero-order valence-electron chi connectivity index (χ0n) is 31.5. The number of nitrogens with one attached hydrogen (secondary N) is 2. The van der Waals surface area contributed by atoms with Crippen molar-refractivity contribution in [1.29, 1.82) is 0 Å². The van der Waals surface area contributed by atoms with Gasteiger partial charge in [0.15, 0.2) is 0 Å². The van der Waals surface area contributed by atoms with Crippen molar-refractivity contribution >= 4 is 56.8 Å². The molecule has 2 amide bonds. The summed E-state index contributed by atoms with van der Waals surface area (Å²) in [6, 6.07) is 11.8. The normalized spacial score (nSPS) is 17.4. The highest BCUT2D eigenvalue weighted by Crippen LogP contribution is 2.34. The van der Waals surface area contributed by atoms with E-state index in [1.54, 1.807) is 0 Å². The Morgan fingerprint density at radius 2 is 1.33 bits per heavy atom. The van der Waals surface area contributed by atoms with Gasteiger partial charge in [-0.2, -0.15) is 0 Å². The van der Waals surface area contributed by atoms with E-state index in [1.807, 2.05) is 50.5 Å². The number of nitrogens with zero attached hydrogens (tertiary/aromatic N) is 4. The molecular weight excluding hydrogens is 691 g/mol. The predicted molar refractivity (Wildman–Crippen MR) is 214 cm³/mol. The molecule has 1 unspecified atom stereocenters. The Hall–Kier alpha value is -3.30. The molecule has 2 aromatic carbocycles. The number of aromatic nitrogens is 2. The van der Waals surface area contributed by atoms with Gasteiger partial charge in [-0.3, -0.25) is 24.5 Å². The Balaban J connectivity index is 0.000000179. The van der Waals surface area contributed by atoms with E-state index in [1.165, 1.54) is 30.4 Å². The van der Waals surface area contributed by atoms with Crippen LogP contribution < -0.4 is 10.6 Å². The zero-order chi connectivity index (χ0) is 37.0. The molecule has 10 heteroatoms. The molecule has 2 aromatic heterocycles. The minimum Gasteiger partial charge on any atom is -0.351 e. The number of hydrogen-bond acceptors (Lipinski definition) is 6. The number of hydrogen-bond donors (Lipinski definition) is 2. The lowest BCUT2D eigenvalue weighted by molar-refractivity contribution is 0.0926. The summed E-state index contributed by atoms with van der Waals surface area (Å²) in [5, 5.41) is 9.69. The molecule has 2 aliphatic carbocycles. The number of fused-ring (bicyclic) bond motifs is 4. The summed E-state index contributed by atoms with van der Waals surface area (Å²) >= 11 is 13.2. The van der Waals surface area contributed by atoms with Crippen molar-refractivity contribution in [1.82, 2.24) is 30.4 Å². The van der Waals surface area contributed by atoms with E-state index >= 15 is 0 Å². The first-order valence-corrected chi connectivity index (χ1v) is 19.9. The van der Waals surface area contributed by atoms with E-state index in [-0.39, 0.29) is 17.2 Å². The number of carbonyl (C=O) groups excluding carboxylic acids is 2. The lowest BCUT2D eigenvalue weighted by Crippen LogP contribution is -2.40. The number of likely N-dealkylation sites (N-methyl/N-ethyl adjacent to an activating group) is 1. The van der Waals surface area contributed by atoms with Gasteiger partial charge in [-0.25, -0.2) is 0 Å². The van der Waals surface area contributed by atoms with Gasteiger partial charge >= 0.3 is 0 Å². The van der Waals surface area contributed by atoms with E-state index in [0.29, 0.717) is 30.3 Å². The van der Waals surface area contributed by atoms with Crippen molar-refractivity contribution in [2.45, 2.75) is 91.0 Å². The van der Waals surface area contributed by atoms with Crippen LogP contribution in [-0.2, 0) is 25.7 Å². The highest BCUT2D eigenvalue weighted by Gasteiger charge is 2.25. The molecule has 1 saturated heterocycles. The van der Waals surface area contributed by atoms with E-state index in [9.17, 15) is 9.59 Å². The number of likely N-dealkylation sites (tertiary alicyclic amines) is 1. The maximum atomic E-state index is 12.6. The van der Waals surface area contributed by atoms with Gasteiger partial charge in [0.2, 0.25) is 0 Å². The van der Waals surface area contributed by atoms with Crippen LogP contribution in [0.4, 0.5) is 0 Å². The minimum atomic E-state index is -0.0608. The number of aryl methyl sites for hydroxylation is 2. The first kappa shape index (κ1) is 38.4. The number of rotatable bonds is 9. The molecule has 1 aliphatic heterocycles. The molecule has 1 fully saturated rings. The highest BCUT2D eigenvalue weighted by atomic mass is 35.5. The van der Waals surface area contributed by atoms with Crippen LogP contribution in [0.5, 0.6) is 0 Å². The van der Waals surface area contributed by atoms with E-state index in [2.05, 4.69) is 41.2 Å². The molecule has 52 heavy (non-hydrogen) atoms. The third-order valence-electron chi connectivity index (χ3n) is 10.8. The number of amides is 2. The molecular formula is C42H54Cl2N6O2. The maximum absolute atomic E-state index is 12.6. The number of carbonyl (C=O) groups is 2. The van der Waals surface area contributed by atoms with E-state index in [4.69, 9.17) is 33.2 Å². The Bertz CT molecular complexity index is 1940. The maximum Gasteiger partial charge on any atom is 0.251 e. The summed E-state index contributed by atoms with van der Waals surface area (Å²) in [6.07, 6.45) is 11.0. The van der Waals surface area contributed by atoms with Crippen molar-refractivity contribution in [3.8, 4) is 0 Å². The summed E-state index contributed by atoms with van der Waals surface area (Å²) in [5.74, 6) is -0.0835. The number of halogens is 2. The highest BCUT2D eigenvalue weighted by molar-refractivity contribution is 6.36. The topological polar surface area (TPSA) is 90.5 Å². The second-order valence-electron chi connectivity index (χ2n) is 15.8. The lowest BCUT2D eigenvalue weighted by Gasteiger charge is -2.28. The van der Waals surface area contributed by atoms with Crippen molar-refractivity contribution in [2.75, 3.05) is 46.8 Å². The molecule has 0 saturated carbocycles. The first-order valence-electron chi connectivity index (χ1n) is 19.1. The second kappa shape index (κ2) is 16.8. The van der Waals surface area contributed by atoms with Crippen LogP contribution in [0.15, 0.2) is 36.4 Å². The van der Waals surface area contributed by atoms with Gasteiger partial charge in [0.25, 0.3) is 11.8 Å². The second-order valence-corrected chi connectivity index (χ2v) is 16.6. The fourth-order valence-electron chi connectivity index (χ4n) is 8.21. The quantitative estimate of drug-likeness (QED) is 0.180. The Kier molecular flexibility index (Phi) is 12.4. The molecule has 7 rings (SSSR count). The van der Waals surface area contributed by atoms with Crippen molar-refractivity contribution < 1.29 is 9.59 Å².